The fourth-order valence-corrected chi connectivity index (χ4v) is 12.9. The van der Waals surface area contributed by atoms with E-state index >= 15 is 0 Å². The molecule has 0 fully saturated rings. The van der Waals surface area contributed by atoms with Crippen molar-refractivity contribution in [3.63, 3.8) is 0 Å². The van der Waals surface area contributed by atoms with Gasteiger partial charge in [0.2, 0.25) is 0 Å². The molecule has 0 aromatic heterocycles. The topological polar surface area (TPSA) is 231 Å². The van der Waals surface area contributed by atoms with Gasteiger partial charge in [-0.25, -0.2) is 9.13 Å². The van der Waals surface area contributed by atoms with Crippen molar-refractivity contribution in [3.05, 3.63) is 170 Å². The summed E-state index contributed by atoms with van der Waals surface area (Å²) in [6, 6.07) is 0. The van der Waals surface area contributed by atoms with E-state index in [0.717, 1.165) is 173 Å². The van der Waals surface area contributed by atoms with E-state index in [1.807, 2.05) is 0 Å². The van der Waals surface area contributed by atoms with Gasteiger partial charge in [-0.3, -0.25) is 32.5 Å². The van der Waals surface area contributed by atoms with Crippen LogP contribution in [0.3, 0.4) is 0 Å². The van der Waals surface area contributed by atoms with Gasteiger partial charge in [-0.15, -0.1) is 0 Å². The van der Waals surface area contributed by atoms with Crippen LogP contribution >= 0.6 is 15.6 Å². The van der Waals surface area contributed by atoms with Crippen LogP contribution in [0.1, 0.15) is 342 Å². The number of carbonyl (C=O) groups is 3. The normalized spacial score (nSPS) is 14.7. The van der Waals surface area contributed by atoms with Crippen LogP contribution in [0.2, 0.25) is 0 Å². The van der Waals surface area contributed by atoms with E-state index < -0.39 is 91.5 Å². The van der Waals surface area contributed by atoms with Crippen LogP contribution in [0.15, 0.2) is 170 Å². The molecule has 0 aromatic rings. The Balaban J connectivity index is 4.68. The number of phosphoric acid groups is 2. The second-order valence-electron chi connectivity index (χ2n) is 28.6. The molecule has 5 atom stereocenters. The smallest absolute Gasteiger partial charge is 0.463 e. The van der Waals surface area contributed by atoms with E-state index in [4.69, 9.17) is 32.3 Å². The van der Waals surface area contributed by atoms with Gasteiger partial charge in [0.15, 0.2) is 6.10 Å². The number of aliphatic hydroxyl groups is 2. The van der Waals surface area contributed by atoms with Crippen molar-refractivity contribution in [3.8, 4) is 0 Å². The minimum absolute atomic E-state index is 0.0800. The largest absolute Gasteiger partial charge is 0.472 e. The quantitative estimate of drug-likeness (QED) is 0.0146. The van der Waals surface area contributed by atoms with Gasteiger partial charge in [0.05, 0.1) is 26.4 Å². The Morgan fingerprint density at radius 1 is 0.261 bits per heavy atom. The number of unbranched alkanes of at least 4 members (excludes halogenated alkanes) is 30. The van der Waals surface area contributed by atoms with E-state index in [1.165, 1.54) is 109 Å². The van der Waals surface area contributed by atoms with Crippen LogP contribution in [0.5, 0.6) is 0 Å². The van der Waals surface area contributed by atoms with E-state index in [0.29, 0.717) is 19.3 Å². The molecule has 0 saturated carbocycles. The SMILES string of the molecule is CC/C=C\C/C=C\C/C=C\C/C=C\C/C=C\C/C=C\CCCCCCC(=O)OCC(COP(=O)(O)OCC(O)COP(=O)(O)OCC(O)COC(=O)CCCCCCCCCCCCCCC/C=C\C/C=C\C/C=C\C/C=C\CCCCC)OC(=O)CCCCCCCCC/C=C\C/C=C\C/C=C\C/C=C\CCCCC. The molecule has 0 spiro atoms. The Morgan fingerprint density at radius 2 is 0.477 bits per heavy atom. The van der Waals surface area contributed by atoms with Crippen molar-refractivity contribution in [2.45, 2.75) is 360 Å². The number of rotatable bonds is 81. The maximum Gasteiger partial charge on any atom is 0.472 e. The van der Waals surface area contributed by atoms with E-state index in [1.54, 1.807) is 0 Å². The van der Waals surface area contributed by atoms with Gasteiger partial charge in [0, 0.05) is 19.3 Å². The maximum atomic E-state index is 13.0. The molecule has 0 saturated heterocycles. The first kappa shape index (κ1) is 106. The second kappa shape index (κ2) is 84.3. The van der Waals surface area contributed by atoms with Gasteiger partial charge < -0.3 is 34.2 Å². The van der Waals surface area contributed by atoms with Gasteiger partial charge >= 0.3 is 33.6 Å². The number of aliphatic hydroxyl groups excluding tert-OH is 2. The predicted octanol–water partition coefficient (Wildman–Crippen LogP) is 26.3. The molecule has 0 radical (unpaired) electrons. The average Bonchev–Trinajstić information content (AvgIpc) is 0.899. The zero-order chi connectivity index (χ0) is 80.8. The van der Waals surface area contributed by atoms with E-state index in [9.17, 15) is 43.5 Å². The maximum absolute atomic E-state index is 13.0. The molecule has 5 unspecified atom stereocenters. The van der Waals surface area contributed by atoms with E-state index in [2.05, 4.69) is 191 Å². The molecular weight excluding hydrogens is 1430 g/mol. The highest BCUT2D eigenvalue weighted by atomic mass is 31.2. The van der Waals surface area contributed by atoms with Gasteiger partial charge in [0.25, 0.3) is 0 Å². The van der Waals surface area contributed by atoms with Gasteiger partial charge in [-0.1, -0.05) is 332 Å². The number of hydrogen-bond donors (Lipinski definition) is 4. The first-order valence-electron chi connectivity index (χ1n) is 43.4. The Labute approximate surface area is 675 Å². The lowest BCUT2D eigenvalue weighted by Crippen LogP contribution is -2.30. The molecule has 0 bridgehead atoms. The van der Waals surface area contributed by atoms with Gasteiger partial charge in [-0.05, 0) is 161 Å². The lowest BCUT2D eigenvalue weighted by atomic mass is 10.0. The summed E-state index contributed by atoms with van der Waals surface area (Å²) in [5.74, 6) is -1.62. The highest BCUT2D eigenvalue weighted by Gasteiger charge is 2.29. The van der Waals surface area contributed by atoms with Crippen LogP contribution in [-0.4, -0.2) is 95.9 Å². The van der Waals surface area contributed by atoms with Gasteiger partial charge in [-0.2, -0.15) is 0 Å². The molecule has 0 aliphatic carbocycles. The molecule has 0 aliphatic heterocycles. The summed E-state index contributed by atoms with van der Waals surface area (Å²) in [6.07, 6.45) is 108. The zero-order valence-electron chi connectivity index (χ0n) is 69.6. The first-order valence-corrected chi connectivity index (χ1v) is 46.4. The number of hydrogen-bond acceptors (Lipinski definition) is 14. The highest BCUT2D eigenvalue weighted by molar-refractivity contribution is 7.47. The van der Waals surface area contributed by atoms with Crippen LogP contribution in [-0.2, 0) is 55.8 Å². The molecule has 111 heavy (non-hydrogen) atoms. The highest BCUT2D eigenvalue weighted by Crippen LogP contribution is 2.45. The summed E-state index contributed by atoms with van der Waals surface area (Å²) >= 11 is 0. The summed E-state index contributed by atoms with van der Waals surface area (Å²) in [4.78, 5) is 58.9. The molecular formula is C93H156O16P2. The second-order valence-corrected chi connectivity index (χ2v) is 31.5. The third-order valence-electron chi connectivity index (χ3n) is 17.9. The number of phosphoric ester groups is 2. The summed E-state index contributed by atoms with van der Waals surface area (Å²) in [7, 11) is -9.82. The number of carbonyl (C=O) groups excluding carboxylic acids is 3. The fourth-order valence-electron chi connectivity index (χ4n) is 11.3. The van der Waals surface area contributed by atoms with Crippen molar-refractivity contribution in [1.29, 1.82) is 0 Å². The van der Waals surface area contributed by atoms with Crippen molar-refractivity contribution < 1.29 is 75.8 Å². The van der Waals surface area contributed by atoms with Crippen molar-refractivity contribution in [2.75, 3.05) is 39.6 Å². The lowest BCUT2D eigenvalue weighted by Gasteiger charge is -2.21. The number of esters is 3. The Kier molecular flexibility index (Phi) is 80.4. The first-order chi connectivity index (χ1) is 54.2. The molecule has 0 aliphatic rings. The molecule has 634 valence electrons. The van der Waals surface area contributed by atoms with Crippen molar-refractivity contribution in [1.82, 2.24) is 0 Å². The third-order valence-corrected chi connectivity index (χ3v) is 19.8. The predicted molar refractivity (Wildman–Crippen MR) is 463 cm³/mol. The monoisotopic (exact) mass is 1590 g/mol. The summed E-state index contributed by atoms with van der Waals surface area (Å²) < 4.78 is 61.3. The summed E-state index contributed by atoms with van der Waals surface area (Å²) in [6.45, 7) is 2.48. The molecule has 4 N–H and O–H groups in total. The number of allylic oxidation sites excluding steroid dienone is 28. The van der Waals surface area contributed by atoms with Crippen LogP contribution in [0.25, 0.3) is 0 Å². The molecule has 18 heteroatoms. The third kappa shape index (κ3) is 85.6. The Bertz CT molecular complexity index is 2700. The Morgan fingerprint density at radius 3 is 0.757 bits per heavy atom. The van der Waals surface area contributed by atoms with Crippen LogP contribution in [0, 0.1) is 0 Å². The molecule has 0 rings (SSSR count). The van der Waals surface area contributed by atoms with Crippen LogP contribution in [0.4, 0.5) is 0 Å². The lowest BCUT2D eigenvalue weighted by molar-refractivity contribution is -0.161. The van der Waals surface area contributed by atoms with Crippen molar-refractivity contribution in [2.24, 2.45) is 0 Å². The zero-order valence-corrected chi connectivity index (χ0v) is 71.4. The number of ether oxygens (including phenoxy) is 3. The minimum Gasteiger partial charge on any atom is -0.463 e. The molecule has 0 amide bonds. The molecule has 0 aromatic carbocycles. The fraction of sp³-hybridized carbons (Fsp3) is 0.667. The summed E-state index contributed by atoms with van der Waals surface area (Å²) in [5.41, 5.74) is 0. The van der Waals surface area contributed by atoms with Crippen LogP contribution < -0.4 is 0 Å². The molecule has 0 heterocycles. The molecule has 16 nitrogen and oxygen atoms in total. The average molecular weight is 1590 g/mol. The van der Waals surface area contributed by atoms with E-state index in [-0.39, 0.29) is 19.3 Å². The standard InChI is InChI=1S/C93H156O16P2/c1-4-7-10-13-16-19-22-25-28-31-34-37-40-41-42-43-44-45-48-50-52-55-58-61-64-67-70-73-76-79-91(96)103-82-88(94)83-105-110(99,100)106-84-89(95)85-107-111(101,102)108-87-90(109-93(98)81-78-75-72-69-66-63-60-57-54-51-47-39-36-33-30-27-24-21-18-15-12-9-6-3)86-104-92(97)80-77-74-71-68-65-62-59-56-53-49-46-38-35-32-29-26-23-20-17-14-11-8-5-2/h8,11,16-21,25-30,34-39,41-42,49,51,53-54,59,62,88-90,94-95H,4-7,9-10,12-15,22-24,31-33,40,43-48,50,52,55-58,60-61,63-87H2,1-3H3,(H,99,100)(H,101,102)/b11-8-,19-16-,20-17-,21-18-,28-25-,29-26-,30-27-,37-34-,38-35-,39-36-,42-41-,53-49-,54-51-,62-59-. The Hall–Kier alpha value is -5.09. The minimum atomic E-state index is -4.95. The van der Waals surface area contributed by atoms with Gasteiger partial charge in [0.1, 0.15) is 25.4 Å². The van der Waals surface area contributed by atoms with Crippen molar-refractivity contribution >= 4 is 33.6 Å². The summed E-state index contributed by atoms with van der Waals surface area (Å²) in [5, 5.41) is 20.7.